The smallest absolute Gasteiger partial charge is 0.137 e. The maximum absolute atomic E-state index is 6.24. The van der Waals surface area contributed by atoms with Gasteiger partial charge in [-0.3, -0.25) is 0 Å². The van der Waals surface area contributed by atoms with Crippen LogP contribution in [0, 0.1) is 6.92 Å². The molecule has 0 fully saturated rings. The van der Waals surface area contributed by atoms with E-state index >= 15 is 0 Å². The number of halogens is 1. The van der Waals surface area contributed by atoms with Gasteiger partial charge in [-0.1, -0.05) is 58.6 Å². The molecule has 0 aliphatic rings. The van der Waals surface area contributed by atoms with Crippen LogP contribution in [0.25, 0.3) is 0 Å². The number of hydrogen-bond donors (Lipinski definition) is 1. The average molecular weight is 298 g/mol. The second-order valence-corrected chi connectivity index (χ2v) is 6.96. The molecule has 0 aliphatic heterocycles. The van der Waals surface area contributed by atoms with Gasteiger partial charge in [0, 0.05) is 17.0 Å². The minimum atomic E-state index is -0.0980. The highest BCUT2D eigenvalue weighted by atomic mass is 35.5. The van der Waals surface area contributed by atoms with E-state index in [1.165, 1.54) is 19.3 Å². The molecule has 0 aromatic carbocycles. The second-order valence-electron chi connectivity index (χ2n) is 6.60. The van der Waals surface area contributed by atoms with E-state index in [4.69, 9.17) is 11.6 Å². The number of hydrogen-bond acceptors (Lipinski definition) is 3. The molecule has 0 saturated heterocycles. The lowest BCUT2D eigenvalue weighted by Gasteiger charge is -2.21. The van der Waals surface area contributed by atoms with Crippen molar-refractivity contribution in [2.24, 2.45) is 0 Å². The lowest BCUT2D eigenvalue weighted by atomic mass is 9.95. The Morgan fingerprint density at radius 2 is 1.85 bits per heavy atom. The minimum absolute atomic E-state index is 0.0980. The molecular formula is C16H28ClN3. The first-order valence-corrected chi connectivity index (χ1v) is 7.94. The summed E-state index contributed by atoms with van der Waals surface area (Å²) in [5.41, 5.74) is 0.834. The predicted molar refractivity (Wildman–Crippen MR) is 87.7 cm³/mol. The van der Waals surface area contributed by atoms with Crippen LogP contribution in [-0.4, -0.2) is 16.0 Å². The zero-order valence-electron chi connectivity index (χ0n) is 13.7. The number of unbranched alkanes of at least 4 members (excludes halogenated alkanes) is 2. The summed E-state index contributed by atoms with van der Waals surface area (Å²) >= 11 is 6.24. The summed E-state index contributed by atoms with van der Waals surface area (Å²) in [6.45, 7) is 12.7. The number of nitrogens with zero attached hydrogens (tertiary/aromatic N) is 2. The van der Waals surface area contributed by atoms with Gasteiger partial charge in [0.05, 0.1) is 0 Å². The summed E-state index contributed by atoms with van der Waals surface area (Å²) < 4.78 is 0. The molecule has 1 aromatic heterocycles. The third kappa shape index (κ3) is 4.93. The van der Waals surface area contributed by atoms with Crippen LogP contribution in [-0.2, 0) is 5.41 Å². The SMILES string of the molecule is CCCCCC(C)Nc1nc(C(C)(C)C)nc(Cl)c1C. The molecule has 3 nitrogen and oxygen atoms in total. The largest absolute Gasteiger partial charge is 0.367 e. The van der Waals surface area contributed by atoms with Crippen LogP contribution in [0.1, 0.15) is 71.7 Å². The van der Waals surface area contributed by atoms with Crippen molar-refractivity contribution < 1.29 is 0 Å². The number of anilines is 1. The van der Waals surface area contributed by atoms with Crippen LogP contribution in [0.15, 0.2) is 0 Å². The van der Waals surface area contributed by atoms with E-state index in [1.54, 1.807) is 0 Å². The highest BCUT2D eigenvalue weighted by Crippen LogP contribution is 2.26. The molecule has 0 saturated carbocycles. The zero-order chi connectivity index (χ0) is 15.3. The van der Waals surface area contributed by atoms with E-state index in [2.05, 4.69) is 49.9 Å². The van der Waals surface area contributed by atoms with Crippen molar-refractivity contribution in [1.82, 2.24) is 9.97 Å². The Balaban J connectivity index is 2.86. The Morgan fingerprint density at radius 3 is 2.40 bits per heavy atom. The van der Waals surface area contributed by atoms with Crippen LogP contribution in [0.5, 0.6) is 0 Å². The molecule has 1 N–H and O–H groups in total. The van der Waals surface area contributed by atoms with Gasteiger partial charge in [-0.15, -0.1) is 0 Å². The summed E-state index contributed by atoms with van der Waals surface area (Å²) in [7, 11) is 0. The van der Waals surface area contributed by atoms with Gasteiger partial charge in [0.25, 0.3) is 0 Å². The van der Waals surface area contributed by atoms with Crippen molar-refractivity contribution >= 4 is 17.4 Å². The molecule has 0 radical (unpaired) electrons. The normalized spacial score (nSPS) is 13.3. The summed E-state index contributed by atoms with van der Waals surface area (Å²) in [5, 5.41) is 4.04. The van der Waals surface area contributed by atoms with Crippen molar-refractivity contribution in [1.29, 1.82) is 0 Å². The van der Waals surface area contributed by atoms with Crippen LogP contribution in [0.3, 0.4) is 0 Å². The highest BCUT2D eigenvalue weighted by Gasteiger charge is 2.21. The van der Waals surface area contributed by atoms with Crippen molar-refractivity contribution in [2.75, 3.05) is 5.32 Å². The van der Waals surface area contributed by atoms with E-state index in [1.807, 2.05) is 6.92 Å². The first-order chi connectivity index (χ1) is 9.25. The van der Waals surface area contributed by atoms with Crippen LogP contribution in [0.4, 0.5) is 5.82 Å². The molecule has 114 valence electrons. The first kappa shape index (κ1) is 17.2. The predicted octanol–water partition coefficient (Wildman–Crippen LogP) is 5.12. The second kappa shape index (κ2) is 7.26. The molecule has 1 rings (SSSR count). The number of aromatic nitrogens is 2. The summed E-state index contributed by atoms with van der Waals surface area (Å²) in [6.07, 6.45) is 4.93. The molecule has 0 aliphatic carbocycles. The fraction of sp³-hybridized carbons (Fsp3) is 0.750. The third-order valence-corrected chi connectivity index (χ3v) is 3.75. The van der Waals surface area contributed by atoms with Gasteiger partial charge >= 0.3 is 0 Å². The summed E-state index contributed by atoms with van der Waals surface area (Å²) in [4.78, 5) is 9.07. The monoisotopic (exact) mass is 297 g/mol. The Hall–Kier alpha value is -0.830. The molecule has 0 amide bonds. The van der Waals surface area contributed by atoms with Gasteiger partial charge in [-0.2, -0.15) is 0 Å². The molecule has 1 aromatic rings. The minimum Gasteiger partial charge on any atom is -0.367 e. The van der Waals surface area contributed by atoms with E-state index in [-0.39, 0.29) is 5.41 Å². The first-order valence-electron chi connectivity index (χ1n) is 7.56. The number of nitrogens with one attached hydrogen (secondary N) is 1. The standard InChI is InChI=1S/C16H28ClN3/c1-7-8-9-10-11(2)18-14-12(3)13(17)19-15(20-14)16(4,5)6/h11H,7-10H2,1-6H3,(H,18,19,20). The van der Waals surface area contributed by atoms with Crippen molar-refractivity contribution in [3.63, 3.8) is 0 Å². The molecule has 0 spiro atoms. The van der Waals surface area contributed by atoms with E-state index in [0.717, 1.165) is 23.6 Å². The van der Waals surface area contributed by atoms with Gasteiger partial charge in [0.15, 0.2) is 0 Å². The van der Waals surface area contributed by atoms with Crippen molar-refractivity contribution in [3.05, 3.63) is 16.5 Å². The summed E-state index contributed by atoms with van der Waals surface area (Å²) in [5.74, 6) is 1.66. The third-order valence-electron chi connectivity index (χ3n) is 3.38. The lowest BCUT2D eigenvalue weighted by Crippen LogP contribution is -2.21. The Kier molecular flexibility index (Phi) is 6.25. The maximum Gasteiger partial charge on any atom is 0.137 e. The van der Waals surface area contributed by atoms with Crippen molar-refractivity contribution in [3.8, 4) is 0 Å². The maximum atomic E-state index is 6.24. The van der Waals surface area contributed by atoms with Gasteiger partial charge in [0.2, 0.25) is 0 Å². The van der Waals surface area contributed by atoms with Gasteiger partial charge in [0.1, 0.15) is 16.8 Å². The molecule has 0 bridgehead atoms. The fourth-order valence-electron chi connectivity index (χ4n) is 1.97. The lowest BCUT2D eigenvalue weighted by molar-refractivity contribution is 0.543. The average Bonchev–Trinajstić information content (AvgIpc) is 2.33. The van der Waals surface area contributed by atoms with E-state index in [9.17, 15) is 0 Å². The Morgan fingerprint density at radius 1 is 1.20 bits per heavy atom. The quantitative estimate of drug-likeness (QED) is 0.585. The van der Waals surface area contributed by atoms with Gasteiger partial charge in [-0.05, 0) is 20.3 Å². The Labute approximate surface area is 128 Å². The van der Waals surface area contributed by atoms with Gasteiger partial charge < -0.3 is 5.32 Å². The molecule has 1 heterocycles. The topological polar surface area (TPSA) is 37.8 Å². The van der Waals surface area contributed by atoms with E-state index in [0.29, 0.717) is 11.2 Å². The van der Waals surface area contributed by atoms with Crippen LogP contribution in [0.2, 0.25) is 5.15 Å². The summed E-state index contributed by atoms with van der Waals surface area (Å²) in [6, 6.07) is 0.402. The number of rotatable bonds is 6. The highest BCUT2D eigenvalue weighted by molar-refractivity contribution is 6.30. The van der Waals surface area contributed by atoms with Crippen molar-refractivity contribution in [2.45, 2.75) is 78.7 Å². The molecular weight excluding hydrogens is 270 g/mol. The van der Waals surface area contributed by atoms with Crippen LogP contribution < -0.4 is 5.32 Å². The molecule has 4 heteroatoms. The molecule has 1 atom stereocenters. The van der Waals surface area contributed by atoms with Crippen LogP contribution >= 0.6 is 11.6 Å². The zero-order valence-corrected chi connectivity index (χ0v) is 14.4. The fourth-order valence-corrected chi connectivity index (χ4v) is 2.14. The Bertz CT molecular complexity index is 438. The van der Waals surface area contributed by atoms with Gasteiger partial charge in [-0.25, -0.2) is 9.97 Å². The molecule has 20 heavy (non-hydrogen) atoms. The molecule has 1 unspecified atom stereocenters. The van der Waals surface area contributed by atoms with E-state index < -0.39 is 0 Å².